The summed E-state index contributed by atoms with van der Waals surface area (Å²) in [4.78, 5) is 0. The monoisotopic (exact) mass is 444 g/mol. The summed E-state index contributed by atoms with van der Waals surface area (Å²) in [6, 6.07) is 14.2. The van der Waals surface area contributed by atoms with Crippen LogP contribution in [0.5, 0.6) is 5.75 Å². The summed E-state index contributed by atoms with van der Waals surface area (Å²) in [6.45, 7) is 2.98. The van der Waals surface area contributed by atoms with Crippen molar-refractivity contribution in [3.8, 4) is 5.75 Å². The zero-order chi connectivity index (χ0) is 21.8. The van der Waals surface area contributed by atoms with E-state index in [2.05, 4.69) is 25.1 Å². The smallest absolute Gasteiger partial charge is 0.119 e. The molecule has 3 atom stereocenters. The van der Waals surface area contributed by atoms with Gasteiger partial charge in [-0.15, -0.1) is 0 Å². The maximum absolute atomic E-state index is 10.1. The van der Waals surface area contributed by atoms with Gasteiger partial charge in [0.05, 0.1) is 31.5 Å². The van der Waals surface area contributed by atoms with E-state index in [-0.39, 0.29) is 18.8 Å². The van der Waals surface area contributed by atoms with E-state index in [0.29, 0.717) is 29.7 Å². The molecule has 1 saturated carbocycles. The van der Waals surface area contributed by atoms with Crippen molar-refractivity contribution in [1.29, 1.82) is 0 Å². The van der Waals surface area contributed by atoms with Crippen LogP contribution in [0.4, 0.5) is 0 Å². The van der Waals surface area contributed by atoms with Crippen LogP contribution >= 0.6 is 11.6 Å². The second-order valence-corrected chi connectivity index (χ2v) is 9.63. The van der Waals surface area contributed by atoms with Crippen molar-refractivity contribution in [3.05, 3.63) is 64.2 Å². The van der Waals surface area contributed by atoms with Crippen LogP contribution < -0.4 is 4.74 Å². The van der Waals surface area contributed by atoms with Crippen LogP contribution in [-0.2, 0) is 11.2 Å². The molecule has 4 rings (SSSR count). The Balaban J connectivity index is 1.41. The molecular weight excluding hydrogens is 412 g/mol. The Labute approximate surface area is 190 Å². The van der Waals surface area contributed by atoms with E-state index in [1.165, 1.54) is 25.7 Å². The highest BCUT2D eigenvalue weighted by Gasteiger charge is 2.35. The summed E-state index contributed by atoms with van der Waals surface area (Å²) in [5.41, 5.74) is 3.56. The number of aliphatic hydroxyl groups is 2. The van der Waals surface area contributed by atoms with Gasteiger partial charge in [-0.2, -0.15) is 0 Å². The third-order valence-electron chi connectivity index (χ3n) is 7.05. The minimum Gasteiger partial charge on any atom is -0.493 e. The second kappa shape index (κ2) is 9.91. The van der Waals surface area contributed by atoms with E-state index in [1.807, 2.05) is 24.3 Å². The van der Waals surface area contributed by atoms with Crippen LogP contribution in [0.1, 0.15) is 68.2 Å². The van der Waals surface area contributed by atoms with Crippen LogP contribution in [-0.4, -0.2) is 35.6 Å². The lowest BCUT2D eigenvalue weighted by molar-refractivity contribution is -0.113. The van der Waals surface area contributed by atoms with Gasteiger partial charge in [-0.05, 0) is 60.6 Å². The number of ether oxygens (including phenoxy) is 2. The molecule has 0 aromatic heterocycles. The Kier molecular flexibility index (Phi) is 7.22. The third kappa shape index (κ3) is 5.43. The van der Waals surface area contributed by atoms with E-state index >= 15 is 0 Å². The molecule has 168 valence electrons. The number of hydrogen-bond donors (Lipinski definition) is 2. The van der Waals surface area contributed by atoms with Crippen LogP contribution in [0, 0.1) is 5.41 Å². The van der Waals surface area contributed by atoms with E-state index in [1.54, 1.807) is 0 Å². The zero-order valence-corrected chi connectivity index (χ0v) is 19.0. The Morgan fingerprint density at radius 3 is 2.55 bits per heavy atom. The van der Waals surface area contributed by atoms with Crippen LogP contribution in [0.25, 0.3) is 0 Å². The molecule has 4 nitrogen and oxygen atoms in total. The molecule has 2 aromatic rings. The minimum atomic E-state index is -0.464. The van der Waals surface area contributed by atoms with Gasteiger partial charge in [0.15, 0.2) is 0 Å². The average Bonchev–Trinajstić information content (AvgIpc) is 2.75. The number of halogens is 1. The first-order valence-electron chi connectivity index (χ1n) is 11.4. The predicted octanol–water partition coefficient (Wildman–Crippen LogP) is 5.46. The fourth-order valence-electron chi connectivity index (χ4n) is 4.69. The summed E-state index contributed by atoms with van der Waals surface area (Å²) in [6.07, 6.45) is 5.75. The van der Waals surface area contributed by atoms with Gasteiger partial charge in [0.2, 0.25) is 0 Å². The normalized spacial score (nSPS) is 25.1. The lowest BCUT2D eigenvalue weighted by Crippen LogP contribution is -2.34. The first-order chi connectivity index (χ1) is 15.0. The van der Waals surface area contributed by atoms with Crippen molar-refractivity contribution in [2.45, 2.75) is 70.2 Å². The summed E-state index contributed by atoms with van der Waals surface area (Å²) in [5.74, 6) is 0.919. The van der Waals surface area contributed by atoms with Gasteiger partial charge in [0.1, 0.15) is 5.75 Å². The number of aliphatic hydroxyl groups excluding tert-OH is 2. The molecule has 0 bridgehead atoms. The molecule has 31 heavy (non-hydrogen) atoms. The molecule has 2 aliphatic rings. The Hall–Kier alpha value is -1.59. The predicted molar refractivity (Wildman–Crippen MR) is 123 cm³/mol. The molecule has 0 spiro atoms. The molecular formula is C26H33ClO4. The highest BCUT2D eigenvalue weighted by atomic mass is 35.5. The number of rotatable bonds is 8. The van der Waals surface area contributed by atoms with E-state index in [9.17, 15) is 10.2 Å². The minimum absolute atomic E-state index is 0.0815. The zero-order valence-electron chi connectivity index (χ0n) is 18.2. The summed E-state index contributed by atoms with van der Waals surface area (Å²) in [5, 5.41) is 20.3. The van der Waals surface area contributed by atoms with Crippen LogP contribution in [0.15, 0.2) is 42.5 Å². The standard InChI is InChI=1S/C26H33ClO4/c1-2-26(10-3-11-26)17-30-22-7-4-18(5-8-22)12-20-13-19(6-9-24(20)27)25-15-21(29)14-23(16-28)31-25/h4-9,13,21,23,25,28-29H,2-3,10-12,14-17H2,1H3. The van der Waals surface area contributed by atoms with Crippen molar-refractivity contribution in [3.63, 3.8) is 0 Å². The maximum atomic E-state index is 10.1. The van der Waals surface area contributed by atoms with Crippen molar-refractivity contribution in [2.24, 2.45) is 5.41 Å². The summed E-state index contributed by atoms with van der Waals surface area (Å²) in [7, 11) is 0. The van der Waals surface area contributed by atoms with Crippen LogP contribution in [0.3, 0.4) is 0 Å². The quantitative estimate of drug-likeness (QED) is 0.567. The number of hydrogen-bond acceptors (Lipinski definition) is 4. The van der Waals surface area contributed by atoms with E-state index < -0.39 is 6.10 Å². The van der Waals surface area contributed by atoms with Crippen molar-refractivity contribution >= 4 is 11.6 Å². The van der Waals surface area contributed by atoms with Crippen molar-refractivity contribution in [2.75, 3.05) is 13.2 Å². The second-order valence-electron chi connectivity index (χ2n) is 9.22. The molecule has 2 N–H and O–H groups in total. The van der Waals surface area contributed by atoms with Gasteiger partial charge in [-0.1, -0.05) is 49.2 Å². The Morgan fingerprint density at radius 2 is 1.90 bits per heavy atom. The van der Waals surface area contributed by atoms with Gasteiger partial charge in [0.25, 0.3) is 0 Å². The maximum Gasteiger partial charge on any atom is 0.119 e. The molecule has 1 heterocycles. The van der Waals surface area contributed by atoms with Gasteiger partial charge in [-0.25, -0.2) is 0 Å². The first kappa shape index (κ1) is 22.6. The molecule has 0 amide bonds. The first-order valence-corrected chi connectivity index (χ1v) is 11.8. The SMILES string of the molecule is CCC1(COc2ccc(Cc3cc(C4CC(O)CC(CO)O4)ccc3Cl)cc2)CCC1. The highest BCUT2D eigenvalue weighted by molar-refractivity contribution is 6.31. The molecule has 2 aromatic carbocycles. The molecule has 5 heteroatoms. The van der Waals surface area contributed by atoms with Crippen molar-refractivity contribution in [1.82, 2.24) is 0 Å². The molecule has 2 fully saturated rings. The lowest BCUT2D eigenvalue weighted by atomic mass is 9.68. The largest absolute Gasteiger partial charge is 0.493 e. The molecule has 1 aliphatic heterocycles. The molecule has 1 aliphatic carbocycles. The average molecular weight is 445 g/mol. The Bertz CT molecular complexity index is 857. The fraction of sp³-hybridized carbons (Fsp3) is 0.538. The number of benzene rings is 2. The fourth-order valence-corrected chi connectivity index (χ4v) is 4.87. The molecule has 0 radical (unpaired) electrons. The Morgan fingerprint density at radius 1 is 1.13 bits per heavy atom. The highest BCUT2D eigenvalue weighted by Crippen LogP contribution is 2.44. The van der Waals surface area contributed by atoms with Crippen molar-refractivity contribution < 1.29 is 19.7 Å². The van der Waals surface area contributed by atoms with E-state index in [0.717, 1.165) is 29.0 Å². The summed E-state index contributed by atoms with van der Waals surface area (Å²) < 4.78 is 12.0. The van der Waals surface area contributed by atoms with E-state index in [4.69, 9.17) is 21.1 Å². The summed E-state index contributed by atoms with van der Waals surface area (Å²) >= 11 is 6.48. The van der Waals surface area contributed by atoms with Gasteiger partial charge in [0, 0.05) is 23.3 Å². The van der Waals surface area contributed by atoms with Crippen LogP contribution in [0.2, 0.25) is 5.02 Å². The van der Waals surface area contributed by atoms with Gasteiger partial charge >= 0.3 is 0 Å². The van der Waals surface area contributed by atoms with Gasteiger partial charge in [-0.3, -0.25) is 0 Å². The third-order valence-corrected chi connectivity index (χ3v) is 7.42. The van der Waals surface area contributed by atoms with Gasteiger partial charge < -0.3 is 19.7 Å². The molecule has 3 unspecified atom stereocenters. The molecule has 1 saturated heterocycles. The topological polar surface area (TPSA) is 58.9 Å². The lowest BCUT2D eigenvalue weighted by Gasteiger charge is -2.40.